The van der Waals surface area contributed by atoms with Gasteiger partial charge in [-0.3, -0.25) is 4.79 Å². The van der Waals surface area contributed by atoms with Crippen LogP contribution >= 0.6 is 11.3 Å². The third kappa shape index (κ3) is 3.23. The van der Waals surface area contributed by atoms with E-state index in [0.717, 1.165) is 15.4 Å². The van der Waals surface area contributed by atoms with Gasteiger partial charge in [0.1, 0.15) is 0 Å². The highest BCUT2D eigenvalue weighted by atomic mass is 32.1. The summed E-state index contributed by atoms with van der Waals surface area (Å²) in [7, 11) is 0. The van der Waals surface area contributed by atoms with E-state index in [4.69, 9.17) is 5.11 Å². The van der Waals surface area contributed by atoms with Crippen molar-refractivity contribution in [3.05, 3.63) is 64.4 Å². The number of benzene rings is 2. The molecule has 1 heterocycles. The largest absolute Gasteiger partial charge is 0.481 e. The predicted molar refractivity (Wildman–Crippen MR) is 86.9 cm³/mol. The molecule has 1 aromatic heterocycles. The van der Waals surface area contributed by atoms with Gasteiger partial charge in [0.25, 0.3) is 0 Å². The maximum atomic E-state index is 10.7. The Morgan fingerprint density at radius 1 is 1.00 bits per heavy atom. The van der Waals surface area contributed by atoms with Gasteiger partial charge in [-0.25, -0.2) is 0 Å². The van der Waals surface area contributed by atoms with Crippen molar-refractivity contribution in [2.24, 2.45) is 0 Å². The highest BCUT2D eigenvalue weighted by Gasteiger charge is 2.05. The maximum absolute atomic E-state index is 10.7. The first-order chi connectivity index (χ1) is 10.2. The van der Waals surface area contributed by atoms with Gasteiger partial charge in [-0.05, 0) is 23.6 Å². The highest BCUT2D eigenvalue weighted by molar-refractivity contribution is 7.12. The predicted octanol–water partition coefficient (Wildman–Crippen LogP) is 4.14. The molecule has 0 saturated heterocycles. The third-order valence-electron chi connectivity index (χ3n) is 3.29. The quantitative estimate of drug-likeness (QED) is 0.744. The number of aliphatic carboxylic acids is 1. The number of fused-ring (bicyclic) bond motifs is 1. The molecule has 0 atom stereocenters. The fourth-order valence-electron chi connectivity index (χ4n) is 2.32. The second kappa shape index (κ2) is 5.97. The van der Waals surface area contributed by atoms with Gasteiger partial charge in [-0.2, -0.15) is 0 Å². The van der Waals surface area contributed by atoms with Crippen molar-refractivity contribution >= 4 is 33.8 Å². The maximum Gasteiger partial charge on any atom is 0.308 e. The summed E-state index contributed by atoms with van der Waals surface area (Å²) in [5.41, 5.74) is 1.10. The Hall–Kier alpha value is -2.33. The lowest BCUT2D eigenvalue weighted by Crippen LogP contribution is -1.98. The van der Waals surface area contributed by atoms with E-state index in [9.17, 15) is 4.79 Å². The summed E-state index contributed by atoms with van der Waals surface area (Å²) in [5.74, 6) is -0.787. The Morgan fingerprint density at radius 2 is 1.76 bits per heavy atom. The van der Waals surface area contributed by atoms with E-state index in [1.54, 1.807) is 11.3 Å². The van der Waals surface area contributed by atoms with Gasteiger partial charge in [0, 0.05) is 27.4 Å². The van der Waals surface area contributed by atoms with Crippen molar-refractivity contribution in [3.8, 4) is 0 Å². The summed E-state index contributed by atoms with van der Waals surface area (Å²) >= 11 is 1.54. The molecule has 0 aliphatic rings. The van der Waals surface area contributed by atoms with E-state index in [0.29, 0.717) is 6.54 Å². The number of rotatable bonds is 5. The van der Waals surface area contributed by atoms with Crippen LogP contribution in [0.2, 0.25) is 0 Å². The molecule has 0 unspecified atom stereocenters. The first-order valence-electron chi connectivity index (χ1n) is 6.73. The van der Waals surface area contributed by atoms with Crippen LogP contribution < -0.4 is 5.32 Å². The minimum atomic E-state index is -0.787. The second-order valence-corrected chi connectivity index (χ2v) is 6.07. The van der Waals surface area contributed by atoms with Gasteiger partial charge < -0.3 is 10.4 Å². The first kappa shape index (κ1) is 13.6. The van der Waals surface area contributed by atoms with Gasteiger partial charge >= 0.3 is 5.97 Å². The van der Waals surface area contributed by atoms with E-state index < -0.39 is 5.97 Å². The molecular formula is C17H15NO2S. The molecular weight excluding hydrogens is 282 g/mol. The topological polar surface area (TPSA) is 49.3 Å². The van der Waals surface area contributed by atoms with E-state index in [-0.39, 0.29) is 6.42 Å². The first-order valence-corrected chi connectivity index (χ1v) is 7.55. The molecule has 2 aromatic carbocycles. The van der Waals surface area contributed by atoms with Gasteiger partial charge in [0.15, 0.2) is 0 Å². The van der Waals surface area contributed by atoms with E-state index >= 15 is 0 Å². The average Bonchev–Trinajstić information content (AvgIpc) is 2.92. The third-order valence-corrected chi connectivity index (χ3v) is 4.37. The number of carboxylic acid groups (broad SMARTS) is 1. The molecule has 2 N–H and O–H groups in total. The number of carboxylic acids is 1. The minimum Gasteiger partial charge on any atom is -0.481 e. The molecule has 21 heavy (non-hydrogen) atoms. The van der Waals surface area contributed by atoms with E-state index in [1.165, 1.54) is 10.8 Å². The van der Waals surface area contributed by atoms with Crippen molar-refractivity contribution in [2.45, 2.75) is 13.0 Å². The Balaban J connectivity index is 1.74. The summed E-state index contributed by atoms with van der Waals surface area (Å²) in [5, 5.41) is 14.6. The Morgan fingerprint density at radius 3 is 2.62 bits per heavy atom. The normalized spacial score (nSPS) is 10.7. The molecule has 0 bridgehead atoms. The smallest absolute Gasteiger partial charge is 0.308 e. The standard InChI is InChI=1S/C17H15NO2S/c19-17(20)10-13-8-9-14(21-13)11-18-16-7-3-5-12-4-1-2-6-15(12)16/h1-9,18H,10-11H2,(H,19,20). The van der Waals surface area contributed by atoms with Gasteiger partial charge in [0.05, 0.1) is 6.42 Å². The van der Waals surface area contributed by atoms with Crippen LogP contribution in [0.3, 0.4) is 0 Å². The molecule has 3 nitrogen and oxygen atoms in total. The summed E-state index contributed by atoms with van der Waals surface area (Å²) in [4.78, 5) is 12.7. The van der Waals surface area contributed by atoms with Crippen LogP contribution in [-0.2, 0) is 17.8 Å². The summed E-state index contributed by atoms with van der Waals surface area (Å²) in [6.45, 7) is 0.707. The molecule has 0 aliphatic carbocycles. The van der Waals surface area contributed by atoms with Crippen molar-refractivity contribution in [3.63, 3.8) is 0 Å². The zero-order valence-corrected chi connectivity index (χ0v) is 12.2. The molecule has 0 saturated carbocycles. The van der Waals surface area contributed by atoms with Crippen LogP contribution in [-0.4, -0.2) is 11.1 Å². The summed E-state index contributed by atoms with van der Waals surface area (Å²) in [6.07, 6.45) is 0.0962. The summed E-state index contributed by atoms with van der Waals surface area (Å²) in [6, 6.07) is 18.3. The van der Waals surface area contributed by atoms with Gasteiger partial charge in [-0.15, -0.1) is 11.3 Å². The molecule has 0 aliphatic heterocycles. The Kier molecular flexibility index (Phi) is 3.88. The number of hydrogen-bond acceptors (Lipinski definition) is 3. The molecule has 0 amide bonds. The SMILES string of the molecule is O=C(O)Cc1ccc(CNc2cccc3ccccc23)s1. The van der Waals surface area contributed by atoms with Crippen molar-refractivity contribution < 1.29 is 9.90 Å². The molecule has 106 valence electrons. The zero-order chi connectivity index (χ0) is 14.7. The molecule has 0 spiro atoms. The van der Waals surface area contributed by atoms with Crippen molar-refractivity contribution in [1.82, 2.24) is 0 Å². The van der Waals surface area contributed by atoms with Crippen molar-refractivity contribution in [1.29, 1.82) is 0 Å². The van der Waals surface area contributed by atoms with Crippen LogP contribution in [0.15, 0.2) is 54.6 Å². The number of carbonyl (C=O) groups is 1. The molecule has 4 heteroatoms. The fraction of sp³-hybridized carbons (Fsp3) is 0.118. The van der Waals surface area contributed by atoms with Gasteiger partial charge in [0.2, 0.25) is 0 Å². The Bertz CT molecular complexity index is 774. The van der Waals surface area contributed by atoms with Crippen LogP contribution in [0.4, 0.5) is 5.69 Å². The number of thiophene rings is 1. The lowest BCUT2D eigenvalue weighted by molar-refractivity contribution is -0.136. The van der Waals surface area contributed by atoms with Gasteiger partial charge in [-0.1, -0.05) is 36.4 Å². The minimum absolute atomic E-state index is 0.0962. The molecule has 3 rings (SSSR count). The highest BCUT2D eigenvalue weighted by Crippen LogP contribution is 2.24. The molecule has 0 radical (unpaired) electrons. The second-order valence-electron chi connectivity index (χ2n) is 4.82. The summed E-state index contributed by atoms with van der Waals surface area (Å²) < 4.78 is 0. The Labute approximate surface area is 126 Å². The number of anilines is 1. The van der Waals surface area contributed by atoms with Crippen molar-refractivity contribution in [2.75, 3.05) is 5.32 Å². The van der Waals surface area contributed by atoms with Crippen LogP contribution in [0.5, 0.6) is 0 Å². The van der Waals surface area contributed by atoms with E-state index in [1.807, 2.05) is 30.3 Å². The van der Waals surface area contributed by atoms with E-state index in [2.05, 4.69) is 29.6 Å². The number of hydrogen-bond donors (Lipinski definition) is 2. The number of nitrogens with one attached hydrogen (secondary N) is 1. The molecule has 0 fully saturated rings. The lowest BCUT2D eigenvalue weighted by atomic mass is 10.1. The van der Waals surface area contributed by atoms with Crippen LogP contribution in [0.25, 0.3) is 10.8 Å². The lowest BCUT2D eigenvalue weighted by Gasteiger charge is -2.08. The monoisotopic (exact) mass is 297 g/mol. The zero-order valence-electron chi connectivity index (χ0n) is 11.4. The van der Waals surface area contributed by atoms with Crippen LogP contribution in [0, 0.1) is 0 Å². The average molecular weight is 297 g/mol. The van der Waals surface area contributed by atoms with Crippen LogP contribution in [0.1, 0.15) is 9.75 Å². The fourth-order valence-corrected chi connectivity index (χ4v) is 3.27. The molecule has 3 aromatic rings.